The zero-order chi connectivity index (χ0) is 23.7. The number of nitrogens with zero attached hydrogens (tertiary/aromatic N) is 5. The molecule has 0 bridgehead atoms. The molecule has 0 saturated carbocycles. The fraction of sp³-hybridized carbons (Fsp3) is 0.545. The van der Waals surface area contributed by atoms with Crippen molar-refractivity contribution in [3.63, 3.8) is 0 Å². The Hall–Kier alpha value is -2.59. The van der Waals surface area contributed by atoms with Crippen LogP contribution in [0, 0.1) is 6.92 Å². The third kappa shape index (κ3) is 6.23. The summed E-state index contributed by atoms with van der Waals surface area (Å²) in [6, 6.07) is 0. The maximum absolute atomic E-state index is 13.0. The van der Waals surface area contributed by atoms with Crippen LogP contribution in [0.4, 0.5) is 11.5 Å². The van der Waals surface area contributed by atoms with Crippen molar-refractivity contribution in [3.05, 3.63) is 29.8 Å². The van der Waals surface area contributed by atoms with Crippen LogP contribution >= 0.6 is 10.0 Å². The van der Waals surface area contributed by atoms with E-state index >= 15 is 0 Å². The monoisotopic (exact) mass is 461 g/mol. The quantitative estimate of drug-likeness (QED) is 0.499. The summed E-state index contributed by atoms with van der Waals surface area (Å²) in [5, 5.41) is 10.5. The van der Waals surface area contributed by atoms with Crippen LogP contribution in [0.25, 0.3) is 11.2 Å². The van der Waals surface area contributed by atoms with E-state index < -0.39 is 10.0 Å². The number of carbonyl (C=O) groups is 1. The topological polar surface area (TPSA) is 98.9 Å². The Labute approximate surface area is 191 Å². The summed E-state index contributed by atoms with van der Waals surface area (Å²) < 4.78 is 9.49. The van der Waals surface area contributed by atoms with Gasteiger partial charge >= 0.3 is 0 Å². The third-order valence-corrected chi connectivity index (χ3v) is 6.03. The average molecular weight is 462 g/mol. The molecule has 3 aromatic heterocycles. The molecule has 3 aromatic rings. The SMILES string of the molecule is Cc1nc2c(nc1Nc1cnn(C)c1)c(C(=O)NC(C)(C)C)cn2COCCS(C)(C)C. The van der Waals surface area contributed by atoms with E-state index in [2.05, 4.69) is 34.5 Å². The minimum absolute atomic E-state index is 0.189. The Balaban J connectivity index is 1.96. The van der Waals surface area contributed by atoms with E-state index in [9.17, 15) is 4.79 Å². The molecule has 2 N–H and O–H groups in total. The summed E-state index contributed by atoms with van der Waals surface area (Å²) in [4.78, 5) is 22.6. The van der Waals surface area contributed by atoms with Crippen molar-refractivity contribution in [1.29, 1.82) is 0 Å². The summed E-state index contributed by atoms with van der Waals surface area (Å²) in [6.07, 6.45) is 12.2. The number of fused-ring (bicyclic) bond motifs is 1. The standard InChI is InChI=1S/C22H35N7O2S/c1-15-19(25-16-11-23-28(5)12-16)26-18-17(21(30)27-22(2,3)4)13-29(20(18)24-15)14-31-9-10-32(6,7)8/h11-13H,9-10,14H2,1-8H3,(H,25,26)(H,27,30). The number of nitrogens with one attached hydrogen (secondary N) is 2. The normalized spacial score (nSPS) is 12.9. The largest absolute Gasteiger partial charge is 0.360 e. The van der Waals surface area contributed by atoms with Gasteiger partial charge in [-0.25, -0.2) is 20.0 Å². The molecule has 0 unspecified atom stereocenters. The van der Waals surface area contributed by atoms with Gasteiger partial charge in [0.15, 0.2) is 11.5 Å². The molecule has 0 fully saturated rings. The van der Waals surface area contributed by atoms with Gasteiger partial charge in [0.2, 0.25) is 0 Å². The maximum Gasteiger partial charge on any atom is 0.255 e. The number of hydrogen-bond donors (Lipinski definition) is 2. The smallest absolute Gasteiger partial charge is 0.255 e. The van der Waals surface area contributed by atoms with Crippen molar-refractivity contribution >= 4 is 38.6 Å². The number of anilines is 2. The Bertz CT molecular complexity index is 1110. The lowest BCUT2D eigenvalue weighted by Gasteiger charge is -2.24. The molecule has 0 spiro atoms. The van der Waals surface area contributed by atoms with Gasteiger partial charge in [0.25, 0.3) is 5.91 Å². The Kier molecular flexibility index (Phi) is 6.85. The van der Waals surface area contributed by atoms with Gasteiger partial charge in [-0.05, 0) is 46.5 Å². The van der Waals surface area contributed by atoms with Crippen molar-refractivity contribution in [2.75, 3.05) is 36.4 Å². The molecule has 32 heavy (non-hydrogen) atoms. The van der Waals surface area contributed by atoms with E-state index in [1.165, 1.54) is 0 Å². The zero-order valence-electron chi connectivity index (χ0n) is 20.3. The molecule has 176 valence electrons. The first-order chi connectivity index (χ1) is 14.8. The molecular weight excluding hydrogens is 426 g/mol. The second-order valence-electron chi connectivity index (χ2n) is 9.91. The summed E-state index contributed by atoms with van der Waals surface area (Å²) in [6.45, 7) is 8.72. The molecular formula is C22H35N7O2S. The number of amides is 1. The molecule has 0 aliphatic carbocycles. The minimum Gasteiger partial charge on any atom is -0.360 e. The number of carbonyl (C=O) groups excluding carboxylic acids is 1. The van der Waals surface area contributed by atoms with Crippen LogP contribution in [0.2, 0.25) is 0 Å². The lowest BCUT2D eigenvalue weighted by molar-refractivity contribution is 0.0901. The second kappa shape index (κ2) is 9.11. The highest BCUT2D eigenvalue weighted by molar-refractivity contribution is 8.32. The van der Waals surface area contributed by atoms with Gasteiger partial charge in [-0.3, -0.25) is 9.48 Å². The van der Waals surface area contributed by atoms with Crippen LogP contribution in [0.3, 0.4) is 0 Å². The molecule has 0 atom stereocenters. The highest BCUT2D eigenvalue weighted by atomic mass is 32.3. The van der Waals surface area contributed by atoms with Crippen LogP contribution in [0.1, 0.15) is 36.8 Å². The van der Waals surface area contributed by atoms with Crippen LogP contribution in [-0.4, -0.2) is 66.9 Å². The van der Waals surface area contributed by atoms with Crippen molar-refractivity contribution in [2.24, 2.45) is 7.05 Å². The first-order valence-corrected chi connectivity index (χ1v) is 13.5. The van der Waals surface area contributed by atoms with E-state index in [4.69, 9.17) is 14.7 Å². The predicted octanol–water partition coefficient (Wildman–Crippen LogP) is 3.41. The molecule has 9 nitrogen and oxygen atoms in total. The fourth-order valence-electron chi connectivity index (χ4n) is 3.05. The number of rotatable bonds is 8. The van der Waals surface area contributed by atoms with Crippen molar-refractivity contribution in [2.45, 2.75) is 40.0 Å². The summed E-state index contributed by atoms with van der Waals surface area (Å²) in [5.74, 6) is 1.42. The van der Waals surface area contributed by atoms with Crippen molar-refractivity contribution in [3.8, 4) is 0 Å². The summed E-state index contributed by atoms with van der Waals surface area (Å²) in [5.41, 5.74) is 2.80. The number of ether oxygens (including phenoxy) is 1. The number of hydrogen-bond acceptors (Lipinski definition) is 6. The molecule has 3 rings (SSSR count). The van der Waals surface area contributed by atoms with Gasteiger partial charge < -0.3 is 19.9 Å². The Morgan fingerprint density at radius 3 is 2.50 bits per heavy atom. The van der Waals surface area contributed by atoms with Gasteiger partial charge in [-0.15, -0.1) is 0 Å². The highest BCUT2D eigenvalue weighted by Crippen LogP contribution is 2.33. The first-order valence-electron chi connectivity index (χ1n) is 10.5. The number of aromatic nitrogens is 5. The molecule has 0 aliphatic heterocycles. The average Bonchev–Trinajstić information content (AvgIpc) is 3.20. The fourth-order valence-corrected chi connectivity index (χ4v) is 3.67. The molecule has 10 heteroatoms. The van der Waals surface area contributed by atoms with Crippen LogP contribution in [0.15, 0.2) is 18.6 Å². The summed E-state index contributed by atoms with van der Waals surface area (Å²) >= 11 is 0. The predicted molar refractivity (Wildman–Crippen MR) is 132 cm³/mol. The van der Waals surface area contributed by atoms with Gasteiger partial charge in [0.05, 0.1) is 29.7 Å². The lowest BCUT2D eigenvalue weighted by atomic mass is 10.1. The Morgan fingerprint density at radius 1 is 1.19 bits per heavy atom. The molecule has 0 aromatic carbocycles. The van der Waals surface area contributed by atoms with Crippen LogP contribution in [-0.2, 0) is 18.5 Å². The van der Waals surface area contributed by atoms with Crippen LogP contribution in [0.5, 0.6) is 0 Å². The molecule has 0 radical (unpaired) electrons. The van der Waals surface area contributed by atoms with E-state index in [1.807, 2.05) is 45.5 Å². The number of aryl methyl sites for hydroxylation is 2. The van der Waals surface area contributed by atoms with Gasteiger partial charge in [-0.1, -0.05) is 0 Å². The zero-order valence-corrected chi connectivity index (χ0v) is 21.1. The molecule has 1 amide bonds. The second-order valence-corrected chi connectivity index (χ2v) is 14.5. The summed E-state index contributed by atoms with van der Waals surface area (Å²) in [7, 11) is 1.22. The van der Waals surface area contributed by atoms with Gasteiger partial charge in [-0.2, -0.15) is 5.10 Å². The highest BCUT2D eigenvalue weighted by Gasteiger charge is 2.23. The molecule has 0 aliphatic rings. The maximum atomic E-state index is 13.0. The van der Waals surface area contributed by atoms with Crippen molar-refractivity contribution in [1.82, 2.24) is 29.6 Å². The van der Waals surface area contributed by atoms with Gasteiger partial charge in [0, 0.05) is 30.7 Å². The third-order valence-electron chi connectivity index (χ3n) is 4.64. The van der Waals surface area contributed by atoms with E-state index in [0.29, 0.717) is 35.9 Å². The van der Waals surface area contributed by atoms with Crippen LogP contribution < -0.4 is 10.6 Å². The van der Waals surface area contributed by atoms with Crippen molar-refractivity contribution < 1.29 is 9.53 Å². The van der Waals surface area contributed by atoms with E-state index in [0.717, 1.165) is 17.1 Å². The molecule has 3 heterocycles. The Morgan fingerprint density at radius 2 is 1.91 bits per heavy atom. The first kappa shape index (κ1) is 24.1. The van der Waals surface area contributed by atoms with E-state index in [1.54, 1.807) is 17.1 Å². The van der Waals surface area contributed by atoms with E-state index in [-0.39, 0.29) is 11.4 Å². The lowest BCUT2D eigenvalue weighted by Crippen LogP contribution is -2.40. The molecule has 0 saturated heterocycles. The van der Waals surface area contributed by atoms with Gasteiger partial charge in [0.1, 0.15) is 12.2 Å². The minimum atomic E-state index is -0.631.